The normalized spacial score (nSPS) is 11.1. The summed E-state index contributed by atoms with van der Waals surface area (Å²) in [6.07, 6.45) is 0. The van der Waals surface area contributed by atoms with Crippen molar-refractivity contribution in [1.29, 1.82) is 0 Å². The molecule has 12 heteroatoms. The molecular formula is C16H17N3O8S. The molecule has 0 saturated carbocycles. The summed E-state index contributed by atoms with van der Waals surface area (Å²) in [4.78, 5) is 20.3. The zero-order valence-electron chi connectivity index (χ0n) is 14.5. The summed E-state index contributed by atoms with van der Waals surface area (Å²) in [5, 5.41) is 24.5. The first-order valence-corrected chi connectivity index (χ1v) is 9.41. The minimum atomic E-state index is -3.85. The maximum Gasteiger partial charge on any atom is 0.299 e. The molecule has 0 heterocycles. The average molecular weight is 411 g/mol. The van der Waals surface area contributed by atoms with E-state index in [0.717, 1.165) is 12.1 Å². The highest BCUT2D eigenvalue weighted by atomic mass is 32.2. The molecule has 0 aliphatic rings. The summed E-state index contributed by atoms with van der Waals surface area (Å²) in [7, 11) is -3.85. The van der Waals surface area contributed by atoms with Crippen molar-refractivity contribution >= 4 is 27.2 Å². The van der Waals surface area contributed by atoms with E-state index >= 15 is 0 Å². The largest absolute Gasteiger partial charge is 0.377 e. The van der Waals surface area contributed by atoms with Crippen molar-refractivity contribution in [3.63, 3.8) is 0 Å². The van der Waals surface area contributed by atoms with Crippen LogP contribution in [0.15, 0.2) is 53.4 Å². The zero-order chi connectivity index (χ0) is 20.6. The molecule has 0 radical (unpaired) electrons. The first-order chi connectivity index (χ1) is 13.3. The number of hydrogen-bond donors (Lipinski definition) is 1. The second-order valence-electron chi connectivity index (χ2n) is 5.34. The van der Waals surface area contributed by atoms with Crippen molar-refractivity contribution < 1.29 is 27.2 Å². The third-order valence-corrected chi connectivity index (χ3v) is 4.78. The minimum Gasteiger partial charge on any atom is -0.377 e. The highest BCUT2D eigenvalue weighted by molar-refractivity contribution is 7.86. The Morgan fingerprint density at radius 3 is 2.29 bits per heavy atom. The van der Waals surface area contributed by atoms with Crippen LogP contribution in [0.5, 0.6) is 0 Å². The topological polar surface area (TPSA) is 151 Å². The molecule has 0 aliphatic carbocycles. The first kappa shape index (κ1) is 21.2. The van der Waals surface area contributed by atoms with Gasteiger partial charge in [-0.15, -0.1) is 0 Å². The molecule has 1 N–H and O–H groups in total. The highest BCUT2D eigenvalue weighted by Gasteiger charge is 2.19. The summed E-state index contributed by atoms with van der Waals surface area (Å²) < 4.78 is 33.8. The number of nitrogens with one attached hydrogen (secondary N) is 1. The van der Waals surface area contributed by atoms with Gasteiger partial charge in [-0.2, -0.15) is 8.42 Å². The van der Waals surface area contributed by atoms with Gasteiger partial charge in [0.25, 0.3) is 21.5 Å². The lowest BCUT2D eigenvalue weighted by atomic mass is 10.2. The van der Waals surface area contributed by atoms with Crippen LogP contribution in [-0.4, -0.2) is 44.6 Å². The molecule has 0 spiro atoms. The Morgan fingerprint density at radius 1 is 0.929 bits per heavy atom. The van der Waals surface area contributed by atoms with Crippen molar-refractivity contribution in [3.8, 4) is 0 Å². The molecule has 0 amide bonds. The van der Waals surface area contributed by atoms with Gasteiger partial charge < -0.3 is 10.1 Å². The summed E-state index contributed by atoms with van der Waals surface area (Å²) >= 11 is 0. The van der Waals surface area contributed by atoms with Crippen LogP contribution < -0.4 is 5.32 Å². The fraction of sp³-hybridized carbons (Fsp3) is 0.250. The van der Waals surface area contributed by atoms with Crippen LogP contribution >= 0.6 is 0 Å². The maximum atomic E-state index is 11.9. The number of nitro benzene ring substituents is 2. The third-order valence-electron chi connectivity index (χ3n) is 3.45. The molecule has 0 aromatic heterocycles. The molecule has 0 saturated heterocycles. The highest BCUT2D eigenvalue weighted by Crippen LogP contribution is 2.28. The van der Waals surface area contributed by atoms with Crippen molar-refractivity contribution in [2.24, 2.45) is 0 Å². The Labute approximate surface area is 160 Å². The molecule has 0 bridgehead atoms. The number of ether oxygens (including phenoxy) is 1. The fourth-order valence-electron chi connectivity index (χ4n) is 2.15. The van der Waals surface area contributed by atoms with Gasteiger partial charge in [0.15, 0.2) is 0 Å². The monoisotopic (exact) mass is 411 g/mol. The molecule has 150 valence electrons. The standard InChI is InChI=1S/C16H17N3O8S/c20-18(21)13-6-7-15(16(12-13)19(22)23)17-8-9-26-10-11-27-28(24,25)14-4-2-1-3-5-14/h1-7,12,17H,8-11H2. The van der Waals surface area contributed by atoms with Gasteiger partial charge in [-0.05, 0) is 18.2 Å². The zero-order valence-corrected chi connectivity index (χ0v) is 15.3. The second kappa shape index (κ2) is 9.73. The van der Waals surface area contributed by atoms with Crippen LogP contribution in [0.2, 0.25) is 0 Å². The molecule has 0 aliphatic heterocycles. The summed E-state index contributed by atoms with van der Waals surface area (Å²) in [6, 6.07) is 10.9. The first-order valence-electron chi connectivity index (χ1n) is 8.00. The molecular weight excluding hydrogens is 394 g/mol. The van der Waals surface area contributed by atoms with Gasteiger partial charge in [-0.3, -0.25) is 24.4 Å². The van der Waals surface area contributed by atoms with Gasteiger partial charge in [0.05, 0.1) is 40.6 Å². The smallest absolute Gasteiger partial charge is 0.299 e. The number of benzene rings is 2. The number of rotatable bonds is 11. The fourth-order valence-corrected chi connectivity index (χ4v) is 3.07. The average Bonchev–Trinajstić information content (AvgIpc) is 2.67. The Morgan fingerprint density at radius 2 is 1.64 bits per heavy atom. The molecule has 2 aromatic carbocycles. The lowest BCUT2D eigenvalue weighted by Crippen LogP contribution is -2.15. The number of hydrogen-bond acceptors (Lipinski definition) is 9. The molecule has 0 unspecified atom stereocenters. The van der Waals surface area contributed by atoms with Gasteiger partial charge in [0.2, 0.25) is 0 Å². The van der Waals surface area contributed by atoms with Gasteiger partial charge in [-0.25, -0.2) is 0 Å². The number of nitrogens with zero attached hydrogens (tertiary/aromatic N) is 2. The molecule has 28 heavy (non-hydrogen) atoms. The SMILES string of the molecule is O=[N+]([O-])c1ccc(NCCOCCOS(=O)(=O)c2ccccc2)c([N+](=O)[O-])c1. The Balaban J connectivity index is 1.75. The van der Waals surface area contributed by atoms with E-state index < -0.39 is 25.7 Å². The lowest BCUT2D eigenvalue weighted by molar-refractivity contribution is -0.393. The van der Waals surface area contributed by atoms with Crippen molar-refractivity contribution in [2.45, 2.75) is 4.90 Å². The van der Waals surface area contributed by atoms with Crippen LogP contribution in [0.25, 0.3) is 0 Å². The molecule has 0 fully saturated rings. The Kier molecular flexibility index (Phi) is 7.37. The summed E-state index contributed by atoms with van der Waals surface area (Å²) in [5.74, 6) is 0. The van der Waals surface area contributed by atoms with Crippen molar-refractivity contribution in [3.05, 3.63) is 68.8 Å². The van der Waals surface area contributed by atoms with Crippen LogP contribution in [-0.2, 0) is 19.0 Å². The number of non-ortho nitro benzene ring substituents is 1. The van der Waals surface area contributed by atoms with Crippen LogP contribution in [0.1, 0.15) is 0 Å². The maximum absolute atomic E-state index is 11.9. The van der Waals surface area contributed by atoms with E-state index in [9.17, 15) is 28.6 Å². The van der Waals surface area contributed by atoms with E-state index in [1.54, 1.807) is 18.2 Å². The predicted octanol–water partition coefficient (Wildman–Crippen LogP) is 2.34. The van der Waals surface area contributed by atoms with E-state index in [0.29, 0.717) is 0 Å². The third kappa shape index (κ3) is 5.97. The Bertz CT molecular complexity index is 934. The van der Waals surface area contributed by atoms with Crippen LogP contribution in [0.4, 0.5) is 17.1 Å². The summed E-state index contributed by atoms with van der Waals surface area (Å²) in [5.41, 5.74) is -0.695. The van der Waals surface area contributed by atoms with Gasteiger partial charge in [0.1, 0.15) is 5.69 Å². The predicted molar refractivity (Wildman–Crippen MR) is 98.6 cm³/mol. The summed E-state index contributed by atoms with van der Waals surface area (Å²) in [6.45, 7) is 0.0952. The van der Waals surface area contributed by atoms with Crippen molar-refractivity contribution in [2.75, 3.05) is 31.7 Å². The quantitative estimate of drug-likeness (QED) is 0.254. The number of nitro groups is 2. The molecule has 11 nitrogen and oxygen atoms in total. The number of anilines is 1. The van der Waals surface area contributed by atoms with Gasteiger partial charge in [0, 0.05) is 12.6 Å². The van der Waals surface area contributed by atoms with E-state index in [1.165, 1.54) is 18.2 Å². The van der Waals surface area contributed by atoms with E-state index in [2.05, 4.69) is 5.32 Å². The van der Waals surface area contributed by atoms with E-state index in [4.69, 9.17) is 8.92 Å². The lowest BCUT2D eigenvalue weighted by Gasteiger charge is -2.08. The molecule has 0 atom stereocenters. The molecule has 2 rings (SSSR count). The van der Waals surface area contributed by atoms with Gasteiger partial charge in [-0.1, -0.05) is 18.2 Å². The Hall–Kier alpha value is -3.09. The van der Waals surface area contributed by atoms with E-state index in [-0.39, 0.29) is 42.6 Å². The van der Waals surface area contributed by atoms with Crippen LogP contribution in [0.3, 0.4) is 0 Å². The minimum absolute atomic E-state index is 0.00387. The second-order valence-corrected chi connectivity index (χ2v) is 6.96. The van der Waals surface area contributed by atoms with Gasteiger partial charge >= 0.3 is 0 Å². The molecule has 2 aromatic rings. The van der Waals surface area contributed by atoms with Crippen LogP contribution in [0, 0.1) is 20.2 Å². The van der Waals surface area contributed by atoms with E-state index in [1.807, 2.05) is 0 Å². The van der Waals surface area contributed by atoms with Crippen molar-refractivity contribution in [1.82, 2.24) is 0 Å².